The predicted octanol–water partition coefficient (Wildman–Crippen LogP) is 6.91. The van der Waals surface area contributed by atoms with Crippen LogP contribution in [0, 0.1) is 11.3 Å². The summed E-state index contributed by atoms with van der Waals surface area (Å²) >= 11 is 0. The van der Waals surface area contributed by atoms with Gasteiger partial charge in [-0.2, -0.15) is 0 Å². The number of hydrogen-bond donors (Lipinski definition) is 1. The van der Waals surface area contributed by atoms with Crippen LogP contribution in [-0.2, 0) is 4.74 Å². The van der Waals surface area contributed by atoms with Crippen LogP contribution < -0.4 is 0 Å². The number of allylic oxidation sites excluding steroid dienone is 1. The van der Waals surface area contributed by atoms with Gasteiger partial charge in [-0.15, -0.1) is 0 Å². The van der Waals surface area contributed by atoms with E-state index in [1.165, 1.54) is 40.3 Å². The van der Waals surface area contributed by atoms with Crippen molar-refractivity contribution >= 4 is 16.5 Å². The van der Waals surface area contributed by atoms with Gasteiger partial charge in [0.2, 0.25) is 0 Å². The second-order valence-corrected chi connectivity index (χ2v) is 11.2. The molecule has 5 atom stereocenters. The second-order valence-electron chi connectivity index (χ2n) is 11.2. The number of benzene rings is 2. The van der Waals surface area contributed by atoms with E-state index in [9.17, 15) is 5.21 Å². The molecule has 1 N–H and O–H groups in total. The summed E-state index contributed by atoms with van der Waals surface area (Å²) in [6.07, 6.45) is 13.4. The van der Waals surface area contributed by atoms with Crippen LogP contribution in [0.5, 0.6) is 0 Å². The minimum absolute atomic E-state index is 0.153. The van der Waals surface area contributed by atoms with Gasteiger partial charge in [-0.05, 0) is 89.7 Å². The molecule has 2 aliphatic heterocycles. The van der Waals surface area contributed by atoms with E-state index < -0.39 is 0 Å². The van der Waals surface area contributed by atoms with Crippen LogP contribution in [0.25, 0.3) is 10.8 Å². The Morgan fingerprint density at radius 2 is 1.91 bits per heavy atom. The average molecular weight is 426 g/mol. The van der Waals surface area contributed by atoms with Crippen LogP contribution in [0.2, 0.25) is 0 Å². The normalized spacial score (nSPS) is 41.1. The highest BCUT2D eigenvalue weighted by Gasteiger charge is 2.66. The lowest BCUT2D eigenvalue weighted by atomic mass is 9.58. The molecule has 2 saturated carbocycles. The average Bonchev–Trinajstić information content (AvgIpc) is 3.33. The Labute approximate surface area is 189 Å². The summed E-state index contributed by atoms with van der Waals surface area (Å²) in [4.78, 5) is 0. The lowest BCUT2D eigenvalue weighted by Gasteiger charge is -2.54. The van der Waals surface area contributed by atoms with Gasteiger partial charge in [0.25, 0.3) is 0 Å². The van der Waals surface area contributed by atoms with Crippen molar-refractivity contribution in [3.63, 3.8) is 0 Å². The van der Waals surface area contributed by atoms with Crippen molar-refractivity contribution in [1.82, 2.24) is 0 Å². The molecule has 2 heterocycles. The zero-order chi connectivity index (χ0) is 21.6. The summed E-state index contributed by atoms with van der Waals surface area (Å²) < 4.78 is 7.22. The molecule has 2 bridgehead atoms. The molecule has 0 aromatic heterocycles. The van der Waals surface area contributed by atoms with E-state index in [-0.39, 0.29) is 16.6 Å². The minimum atomic E-state index is -0.226. The van der Waals surface area contributed by atoms with Gasteiger partial charge >= 0.3 is 0 Å². The molecule has 0 amide bonds. The first-order chi connectivity index (χ1) is 15.6. The Morgan fingerprint density at radius 1 is 1.03 bits per heavy atom. The smallest absolute Gasteiger partial charge is 0.0975 e. The van der Waals surface area contributed by atoms with Crippen molar-refractivity contribution in [3.8, 4) is 0 Å². The van der Waals surface area contributed by atoms with Crippen LogP contribution in [-0.4, -0.2) is 22.1 Å². The van der Waals surface area contributed by atoms with E-state index in [0.29, 0.717) is 11.8 Å². The minimum Gasteiger partial charge on any atom is -0.411 e. The number of rotatable bonds is 1. The molecule has 2 aromatic carbocycles. The SMILES string of the molecule is C[C@]12CC=C3C=C4CC/C(=N/O)C[C@]45CC[C@]3(O5)[C@@H]1CC[C@@H]2c1ccc2ccccc2c1. The van der Waals surface area contributed by atoms with E-state index in [2.05, 4.69) is 66.7 Å². The zero-order valence-corrected chi connectivity index (χ0v) is 18.8. The molecule has 0 unspecified atom stereocenters. The molecule has 3 heteroatoms. The van der Waals surface area contributed by atoms with Crippen LogP contribution in [0.4, 0.5) is 0 Å². The van der Waals surface area contributed by atoms with Crippen LogP contribution in [0.3, 0.4) is 0 Å². The molecule has 5 aliphatic rings. The predicted molar refractivity (Wildman–Crippen MR) is 127 cm³/mol. The van der Waals surface area contributed by atoms with Gasteiger partial charge in [0.05, 0.1) is 16.9 Å². The standard InChI is InChI=1S/C29H31NO2/c1-27-13-12-23-17-22-8-9-24(30-31)18-28(22)14-15-29(23,32-28)26(27)11-10-25(27)21-7-6-19-4-2-3-5-20(19)16-21/h2-7,12,16-17,25-26,31H,8-11,13-15,18H2,1H3/b30-24-/t25-,26-,27-,28-,29-/m1/s1. The highest BCUT2D eigenvalue weighted by atomic mass is 16.5. The van der Waals surface area contributed by atoms with Crippen molar-refractivity contribution in [3.05, 3.63) is 71.3 Å². The van der Waals surface area contributed by atoms with Crippen molar-refractivity contribution in [2.24, 2.45) is 16.5 Å². The third-order valence-electron chi connectivity index (χ3n) is 9.83. The number of hydrogen-bond acceptors (Lipinski definition) is 3. The van der Waals surface area contributed by atoms with Crippen molar-refractivity contribution < 1.29 is 9.94 Å². The Hall–Kier alpha value is -2.39. The number of ether oxygens (including phenoxy) is 1. The van der Waals surface area contributed by atoms with Crippen LogP contribution >= 0.6 is 0 Å². The Bertz CT molecular complexity index is 1220. The molecule has 32 heavy (non-hydrogen) atoms. The molecule has 0 radical (unpaired) electrons. The zero-order valence-electron chi connectivity index (χ0n) is 18.8. The third kappa shape index (κ3) is 2.33. The molecule has 164 valence electrons. The summed E-state index contributed by atoms with van der Waals surface area (Å²) in [5.41, 5.74) is 5.13. The molecule has 7 rings (SSSR count). The molecule has 3 nitrogen and oxygen atoms in total. The number of oxime groups is 1. The largest absolute Gasteiger partial charge is 0.411 e. The van der Waals surface area contributed by atoms with E-state index in [1.807, 2.05) is 0 Å². The van der Waals surface area contributed by atoms with Gasteiger partial charge < -0.3 is 9.94 Å². The van der Waals surface area contributed by atoms with E-state index in [1.54, 1.807) is 0 Å². The topological polar surface area (TPSA) is 41.8 Å². The number of nitrogens with zero attached hydrogens (tertiary/aromatic N) is 1. The number of fused-ring (bicyclic) bond motifs is 2. The van der Waals surface area contributed by atoms with E-state index >= 15 is 0 Å². The molecular weight excluding hydrogens is 394 g/mol. The van der Waals surface area contributed by atoms with Gasteiger partial charge in [0, 0.05) is 6.42 Å². The Morgan fingerprint density at radius 3 is 2.78 bits per heavy atom. The summed E-state index contributed by atoms with van der Waals surface area (Å²) in [6, 6.07) is 15.8. The summed E-state index contributed by atoms with van der Waals surface area (Å²) in [6.45, 7) is 2.53. The van der Waals surface area contributed by atoms with Crippen LogP contribution in [0.1, 0.15) is 69.8 Å². The van der Waals surface area contributed by atoms with Crippen LogP contribution in [0.15, 0.2) is 70.9 Å². The van der Waals surface area contributed by atoms with Gasteiger partial charge in [-0.3, -0.25) is 0 Å². The maximum Gasteiger partial charge on any atom is 0.0975 e. The van der Waals surface area contributed by atoms with Gasteiger partial charge in [-0.25, -0.2) is 0 Å². The first-order valence-electron chi connectivity index (χ1n) is 12.4. The fraction of sp³-hybridized carbons (Fsp3) is 0.483. The maximum atomic E-state index is 9.46. The quantitative estimate of drug-likeness (QED) is 0.398. The monoisotopic (exact) mass is 425 g/mol. The molecule has 2 aromatic rings. The Kier molecular flexibility index (Phi) is 3.79. The van der Waals surface area contributed by atoms with Crippen molar-refractivity contribution in [2.75, 3.05) is 0 Å². The third-order valence-corrected chi connectivity index (χ3v) is 9.83. The van der Waals surface area contributed by atoms with Gasteiger partial charge in [-0.1, -0.05) is 66.7 Å². The fourth-order valence-electron chi connectivity index (χ4n) is 8.30. The Balaban J connectivity index is 1.30. The summed E-state index contributed by atoms with van der Waals surface area (Å²) in [7, 11) is 0. The van der Waals surface area contributed by atoms with Crippen molar-refractivity contribution in [2.45, 2.75) is 75.4 Å². The summed E-state index contributed by atoms with van der Waals surface area (Å²) in [5, 5.41) is 15.7. The molecule has 1 saturated heterocycles. The maximum absolute atomic E-state index is 9.46. The molecular formula is C29H31NO2. The van der Waals surface area contributed by atoms with E-state index in [0.717, 1.165) is 44.2 Å². The van der Waals surface area contributed by atoms with Crippen molar-refractivity contribution in [1.29, 1.82) is 0 Å². The molecule has 3 aliphatic carbocycles. The fourth-order valence-corrected chi connectivity index (χ4v) is 8.30. The highest BCUT2D eigenvalue weighted by Crippen LogP contribution is 2.69. The first kappa shape index (κ1) is 19.1. The lowest BCUT2D eigenvalue weighted by Crippen LogP contribution is -2.53. The molecule has 3 fully saturated rings. The summed E-state index contributed by atoms with van der Waals surface area (Å²) in [5.74, 6) is 1.11. The van der Waals surface area contributed by atoms with Gasteiger partial charge in [0.15, 0.2) is 0 Å². The van der Waals surface area contributed by atoms with Gasteiger partial charge in [0.1, 0.15) is 0 Å². The second kappa shape index (κ2) is 6.35. The van der Waals surface area contributed by atoms with E-state index in [4.69, 9.17) is 4.74 Å². The highest BCUT2D eigenvalue weighted by molar-refractivity contribution is 5.87. The lowest BCUT2D eigenvalue weighted by molar-refractivity contribution is -0.126. The molecule has 2 spiro atoms. The first-order valence-corrected chi connectivity index (χ1v) is 12.4.